The van der Waals surface area contributed by atoms with E-state index >= 15 is 0 Å². The number of benzene rings is 3. The van der Waals surface area contributed by atoms with E-state index in [2.05, 4.69) is 5.32 Å². The van der Waals surface area contributed by atoms with Crippen LogP contribution in [0.3, 0.4) is 0 Å². The van der Waals surface area contributed by atoms with Crippen LogP contribution in [0.4, 0.5) is 5.69 Å². The molecule has 0 aliphatic heterocycles. The fourth-order valence-corrected chi connectivity index (χ4v) is 3.59. The summed E-state index contributed by atoms with van der Waals surface area (Å²) in [6.45, 7) is 1.59. The number of rotatable bonds is 7. The number of ether oxygens (including phenoxy) is 1. The molecule has 0 bridgehead atoms. The first kappa shape index (κ1) is 20.7. The van der Waals surface area contributed by atoms with Crippen LogP contribution in [0.25, 0.3) is 0 Å². The van der Waals surface area contributed by atoms with Crippen molar-refractivity contribution in [3.63, 3.8) is 0 Å². The number of carbonyl (C=O) groups is 2. The van der Waals surface area contributed by atoms with Gasteiger partial charge < -0.3 is 10.1 Å². The van der Waals surface area contributed by atoms with Crippen molar-refractivity contribution in [1.29, 1.82) is 0 Å². The fraction of sp³-hybridized carbons (Fsp3) is 0.167. The quantitative estimate of drug-likeness (QED) is 0.438. The van der Waals surface area contributed by atoms with Gasteiger partial charge in [-0.1, -0.05) is 72.8 Å². The normalized spacial score (nSPS) is 11.7. The molecule has 3 aromatic rings. The number of esters is 1. The molecular weight excluding hydrogens is 382 g/mol. The van der Waals surface area contributed by atoms with Crippen molar-refractivity contribution in [1.82, 2.24) is 0 Å². The van der Waals surface area contributed by atoms with Crippen molar-refractivity contribution in [2.75, 3.05) is 11.6 Å². The Labute approximate surface area is 175 Å². The lowest BCUT2D eigenvalue weighted by atomic mass is 9.91. The highest BCUT2D eigenvalue weighted by molar-refractivity contribution is 7.98. The van der Waals surface area contributed by atoms with Gasteiger partial charge in [-0.3, -0.25) is 9.59 Å². The molecule has 1 amide bonds. The van der Waals surface area contributed by atoms with Gasteiger partial charge in [0.15, 0.2) is 6.10 Å². The Kier molecular flexibility index (Phi) is 7.09. The lowest BCUT2D eigenvalue weighted by Crippen LogP contribution is -2.32. The number of amides is 1. The van der Waals surface area contributed by atoms with Gasteiger partial charge in [-0.05, 0) is 36.4 Å². The number of thioether (sulfide) groups is 1. The number of nitrogens with one attached hydrogen (secondary N) is 1. The molecule has 3 rings (SSSR count). The van der Waals surface area contributed by atoms with Crippen LogP contribution in [0.1, 0.15) is 24.0 Å². The minimum absolute atomic E-state index is 0.361. The summed E-state index contributed by atoms with van der Waals surface area (Å²) in [7, 11) is 0. The highest BCUT2D eigenvalue weighted by Gasteiger charge is 2.28. The highest BCUT2D eigenvalue weighted by Crippen LogP contribution is 2.27. The molecule has 1 atom stereocenters. The smallest absolute Gasteiger partial charge is 0.318 e. The lowest BCUT2D eigenvalue weighted by molar-refractivity contribution is -0.153. The van der Waals surface area contributed by atoms with E-state index in [0.717, 1.165) is 16.0 Å². The summed E-state index contributed by atoms with van der Waals surface area (Å²) in [5.41, 5.74) is 2.35. The van der Waals surface area contributed by atoms with Gasteiger partial charge in [-0.25, -0.2) is 0 Å². The van der Waals surface area contributed by atoms with Crippen LogP contribution >= 0.6 is 11.8 Å². The summed E-state index contributed by atoms with van der Waals surface area (Å²) in [6, 6.07) is 26.4. The summed E-state index contributed by atoms with van der Waals surface area (Å²) in [5, 5.41) is 2.85. The van der Waals surface area contributed by atoms with Crippen molar-refractivity contribution in [3.8, 4) is 0 Å². The summed E-state index contributed by atoms with van der Waals surface area (Å²) < 4.78 is 5.57. The van der Waals surface area contributed by atoms with E-state index in [1.54, 1.807) is 18.7 Å². The molecular formula is C24H23NO3S. The molecule has 0 aromatic heterocycles. The molecule has 4 nitrogen and oxygen atoms in total. The maximum Gasteiger partial charge on any atom is 0.318 e. The van der Waals surface area contributed by atoms with Gasteiger partial charge in [-0.2, -0.15) is 0 Å². The topological polar surface area (TPSA) is 55.4 Å². The number of hydrogen-bond donors (Lipinski definition) is 1. The van der Waals surface area contributed by atoms with E-state index in [9.17, 15) is 9.59 Å². The zero-order chi connectivity index (χ0) is 20.6. The minimum Gasteiger partial charge on any atom is -0.452 e. The number of hydrogen-bond acceptors (Lipinski definition) is 4. The third-order valence-electron chi connectivity index (χ3n) is 4.53. The van der Waals surface area contributed by atoms with Gasteiger partial charge in [0.25, 0.3) is 5.91 Å². The molecule has 3 aromatic carbocycles. The molecule has 0 fully saturated rings. The van der Waals surface area contributed by atoms with Crippen LogP contribution in [-0.4, -0.2) is 24.2 Å². The average molecular weight is 406 g/mol. The molecule has 0 aliphatic carbocycles. The second kappa shape index (κ2) is 9.94. The van der Waals surface area contributed by atoms with Crippen LogP contribution in [0, 0.1) is 0 Å². The molecule has 29 heavy (non-hydrogen) atoms. The maximum atomic E-state index is 13.0. The van der Waals surface area contributed by atoms with Gasteiger partial charge >= 0.3 is 5.97 Å². The van der Waals surface area contributed by atoms with E-state index in [1.165, 1.54) is 0 Å². The lowest BCUT2D eigenvalue weighted by Gasteiger charge is -2.20. The van der Waals surface area contributed by atoms with Crippen LogP contribution in [0.15, 0.2) is 89.8 Å². The first-order valence-electron chi connectivity index (χ1n) is 9.34. The van der Waals surface area contributed by atoms with E-state index in [1.807, 2.05) is 91.2 Å². The second-order valence-corrected chi connectivity index (χ2v) is 7.37. The van der Waals surface area contributed by atoms with Gasteiger partial charge in [0.1, 0.15) is 5.92 Å². The predicted octanol–water partition coefficient (Wildman–Crippen LogP) is 5.11. The number of para-hydroxylation sites is 1. The zero-order valence-electron chi connectivity index (χ0n) is 16.4. The Morgan fingerprint density at radius 1 is 0.828 bits per heavy atom. The second-order valence-electron chi connectivity index (χ2n) is 6.52. The number of anilines is 1. The monoisotopic (exact) mass is 405 g/mol. The molecule has 0 unspecified atom stereocenters. The Balaban J connectivity index is 1.76. The summed E-state index contributed by atoms with van der Waals surface area (Å²) in [4.78, 5) is 26.6. The zero-order valence-corrected chi connectivity index (χ0v) is 17.2. The van der Waals surface area contributed by atoms with Crippen molar-refractivity contribution < 1.29 is 14.3 Å². The first-order chi connectivity index (χ1) is 14.1. The number of carbonyl (C=O) groups excluding carboxylic acids is 2. The highest BCUT2D eigenvalue weighted by atomic mass is 32.2. The van der Waals surface area contributed by atoms with Crippen LogP contribution in [0.5, 0.6) is 0 Å². The standard InChI is InChI=1S/C24H23NO3S/c1-17(23(26)25-20-15-9-10-16-21(20)29-2)28-24(27)22(18-11-5-3-6-12-18)19-13-7-4-8-14-19/h3-17,22H,1-2H3,(H,25,26)/t17-/m0/s1. The predicted molar refractivity (Wildman–Crippen MR) is 117 cm³/mol. The Morgan fingerprint density at radius 3 is 1.90 bits per heavy atom. The van der Waals surface area contributed by atoms with Crippen molar-refractivity contribution in [3.05, 3.63) is 96.1 Å². The van der Waals surface area contributed by atoms with Gasteiger partial charge in [0.05, 0.1) is 5.69 Å². The van der Waals surface area contributed by atoms with E-state index in [4.69, 9.17) is 4.74 Å². The van der Waals surface area contributed by atoms with Gasteiger partial charge in [-0.15, -0.1) is 11.8 Å². The largest absolute Gasteiger partial charge is 0.452 e. The SMILES string of the molecule is CSc1ccccc1NC(=O)[C@H](C)OC(=O)C(c1ccccc1)c1ccccc1. The Morgan fingerprint density at radius 2 is 1.34 bits per heavy atom. The van der Waals surface area contributed by atoms with Gasteiger partial charge in [0.2, 0.25) is 0 Å². The van der Waals surface area contributed by atoms with Crippen LogP contribution in [0.2, 0.25) is 0 Å². The summed E-state index contributed by atoms with van der Waals surface area (Å²) >= 11 is 1.54. The average Bonchev–Trinajstić information content (AvgIpc) is 2.75. The third-order valence-corrected chi connectivity index (χ3v) is 5.32. The molecule has 5 heteroatoms. The van der Waals surface area contributed by atoms with Gasteiger partial charge in [0, 0.05) is 4.90 Å². The van der Waals surface area contributed by atoms with Crippen LogP contribution < -0.4 is 5.32 Å². The van der Waals surface area contributed by atoms with Crippen molar-refractivity contribution >= 4 is 29.3 Å². The summed E-state index contributed by atoms with van der Waals surface area (Å²) in [5.74, 6) is -1.41. The maximum absolute atomic E-state index is 13.0. The molecule has 0 spiro atoms. The van der Waals surface area contributed by atoms with Crippen LogP contribution in [-0.2, 0) is 14.3 Å². The molecule has 0 heterocycles. The Bertz CT molecular complexity index is 921. The molecule has 0 saturated carbocycles. The fourth-order valence-electron chi connectivity index (χ4n) is 3.03. The van der Waals surface area contributed by atoms with E-state index in [-0.39, 0.29) is 5.91 Å². The molecule has 0 saturated heterocycles. The molecule has 1 N–H and O–H groups in total. The van der Waals surface area contributed by atoms with Crippen molar-refractivity contribution in [2.24, 2.45) is 0 Å². The summed E-state index contributed by atoms with van der Waals surface area (Å²) in [6.07, 6.45) is 1.02. The molecule has 148 valence electrons. The first-order valence-corrected chi connectivity index (χ1v) is 10.6. The van der Waals surface area contributed by atoms with Crippen molar-refractivity contribution in [2.45, 2.75) is 23.8 Å². The molecule has 0 aliphatic rings. The van der Waals surface area contributed by atoms with E-state index in [0.29, 0.717) is 5.69 Å². The Hall–Kier alpha value is -3.05. The minimum atomic E-state index is -0.924. The third kappa shape index (κ3) is 5.27. The molecule has 0 radical (unpaired) electrons. The van der Waals surface area contributed by atoms with E-state index < -0.39 is 18.0 Å².